The zero-order chi connectivity index (χ0) is 21.3. The van der Waals surface area contributed by atoms with Crippen LogP contribution in [0.15, 0.2) is 35.3 Å². The van der Waals surface area contributed by atoms with E-state index in [1.165, 1.54) is 0 Å². The zero-order valence-electron chi connectivity index (χ0n) is 16.8. The minimum Gasteiger partial charge on any atom is -0.484 e. The summed E-state index contributed by atoms with van der Waals surface area (Å²) < 4.78 is 7.47. The number of halogens is 1. The SMILES string of the molecule is CCCCC1COc2c(c3cc(Nc4ccnc(Cl)c4C#N)ccc3n(C)c2=O)N1. The lowest BCUT2D eigenvalue weighted by Gasteiger charge is -2.29. The van der Waals surface area contributed by atoms with Crippen LogP contribution in [0, 0.1) is 11.3 Å². The van der Waals surface area contributed by atoms with Crippen molar-refractivity contribution in [2.45, 2.75) is 32.2 Å². The number of ether oxygens (including phenoxy) is 1. The number of nitrogens with zero attached hydrogens (tertiary/aromatic N) is 3. The molecule has 7 nitrogen and oxygen atoms in total. The van der Waals surface area contributed by atoms with Gasteiger partial charge in [-0.3, -0.25) is 4.79 Å². The lowest BCUT2D eigenvalue weighted by Crippen LogP contribution is -2.35. The lowest BCUT2D eigenvalue weighted by atomic mass is 10.1. The molecule has 1 aromatic carbocycles. The first-order valence-corrected chi connectivity index (χ1v) is 10.3. The normalized spacial score (nSPS) is 15.1. The third-order valence-electron chi connectivity index (χ3n) is 5.33. The van der Waals surface area contributed by atoms with Crippen molar-refractivity contribution in [3.05, 3.63) is 51.5 Å². The molecular weight excluding hydrogens is 402 g/mol. The lowest BCUT2D eigenvalue weighted by molar-refractivity contribution is 0.272. The van der Waals surface area contributed by atoms with Crippen molar-refractivity contribution in [2.75, 3.05) is 17.2 Å². The van der Waals surface area contributed by atoms with Crippen LogP contribution in [0.3, 0.4) is 0 Å². The Morgan fingerprint density at radius 1 is 1.43 bits per heavy atom. The number of unbranched alkanes of at least 4 members (excludes halogenated alkanes) is 1. The molecule has 3 heterocycles. The Balaban J connectivity index is 1.79. The number of rotatable bonds is 5. The van der Waals surface area contributed by atoms with Gasteiger partial charge in [-0.25, -0.2) is 4.98 Å². The molecule has 0 saturated carbocycles. The molecule has 0 bridgehead atoms. The van der Waals surface area contributed by atoms with E-state index in [0.717, 1.165) is 41.5 Å². The van der Waals surface area contributed by atoms with Crippen molar-refractivity contribution in [3.63, 3.8) is 0 Å². The summed E-state index contributed by atoms with van der Waals surface area (Å²) in [5.74, 6) is 0.347. The predicted molar refractivity (Wildman–Crippen MR) is 119 cm³/mol. The van der Waals surface area contributed by atoms with E-state index in [0.29, 0.717) is 18.0 Å². The summed E-state index contributed by atoms with van der Waals surface area (Å²) in [7, 11) is 1.74. The molecule has 4 rings (SSSR count). The van der Waals surface area contributed by atoms with Gasteiger partial charge >= 0.3 is 0 Å². The molecule has 1 unspecified atom stereocenters. The standard InChI is InChI=1S/C22H22ClN5O2/c1-3-4-5-14-12-30-20-19(27-14)15-10-13(6-7-18(15)28(2)22(20)29)26-17-8-9-25-21(23)16(17)11-24/h6-10,14,27H,3-5,12H2,1-2H3,(H,25,26). The molecule has 3 aromatic rings. The molecule has 0 fully saturated rings. The van der Waals surface area contributed by atoms with Crippen LogP contribution in [-0.4, -0.2) is 22.2 Å². The first-order chi connectivity index (χ1) is 14.5. The van der Waals surface area contributed by atoms with Crippen LogP contribution in [0.1, 0.15) is 31.7 Å². The van der Waals surface area contributed by atoms with E-state index in [1.807, 2.05) is 18.2 Å². The highest BCUT2D eigenvalue weighted by molar-refractivity contribution is 6.31. The van der Waals surface area contributed by atoms with Crippen LogP contribution in [0.5, 0.6) is 5.75 Å². The van der Waals surface area contributed by atoms with Crippen molar-refractivity contribution in [3.8, 4) is 11.8 Å². The quantitative estimate of drug-likeness (QED) is 0.584. The first kappa shape index (κ1) is 20.0. The Morgan fingerprint density at radius 3 is 3.03 bits per heavy atom. The van der Waals surface area contributed by atoms with Crippen LogP contribution in [0.2, 0.25) is 5.15 Å². The summed E-state index contributed by atoms with van der Waals surface area (Å²) in [5, 5.41) is 17.2. The third kappa shape index (κ3) is 3.55. The molecule has 30 heavy (non-hydrogen) atoms. The number of anilines is 3. The predicted octanol–water partition coefficient (Wildman–Crippen LogP) is 4.57. The monoisotopic (exact) mass is 423 g/mol. The highest BCUT2D eigenvalue weighted by Crippen LogP contribution is 2.36. The third-order valence-corrected chi connectivity index (χ3v) is 5.62. The van der Waals surface area contributed by atoms with Gasteiger partial charge < -0.3 is 19.9 Å². The van der Waals surface area contributed by atoms with Crippen molar-refractivity contribution < 1.29 is 4.74 Å². The second-order valence-electron chi connectivity index (χ2n) is 7.36. The van der Waals surface area contributed by atoms with Crippen molar-refractivity contribution in [1.82, 2.24) is 9.55 Å². The molecular formula is C22H22ClN5O2. The average molecular weight is 424 g/mol. The largest absolute Gasteiger partial charge is 0.484 e. The molecule has 8 heteroatoms. The van der Waals surface area contributed by atoms with Gasteiger partial charge in [0.25, 0.3) is 5.56 Å². The molecule has 0 saturated heterocycles. The molecule has 154 valence electrons. The number of aromatic nitrogens is 2. The van der Waals surface area contributed by atoms with Gasteiger partial charge in [-0.2, -0.15) is 5.26 Å². The summed E-state index contributed by atoms with van der Waals surface area (Å²) in [6.07, 6.45) is 4.72. The van der Waals surface area contributed by atoms with Gasteiger partial charge in [-0.15, -0.1) is 0 Å². The Kier molecular flexibility index (Phi) is 5.51. The second kappa shape index (κ2) is 8.25. The molecule has 1 atom stereocenters. The van der Waals surface area contributed by atoms with E-state index in [2.05, 4.69) is 28.6 Å². The van der Waals surface area contributed by atoms with Crippen LogP contribution >= 0.6 is 11.6 Å². The number of pyridine rings is 2. The molecule has 1 aliphatic rings. The van der Waals surface area contributed by atoms with Crippen molar-refractivity contribution in [1.29, 1.82) is 5.26 Å². The van der Waals surface area contributed by atoms with Gasteiger partial charge in [0.05, 0.1) is 22.9 Å². The number of benzene rings is 1. The highest BCUT2D eigenvalue weighted by Gasteiger charge is 2.25. The van der Waals surface area contributed by atoms with Gasteiger partial charge in [-0.05, 0) is 30.7 Å². The topological polar surface area (TPSA) is 92.0 Å². The maximum absolute atomic E-state index is 12.8. The fourth-order valence-electron chi connectivity index (χ4n) is 3.71. The summed E-state index contributed by atoms with van der Waals surface area (Å²) >= 11 is 6.04. The Morgan fingerprint density at radius 2 is 2.27 bits per heavy atom. The maximum Gasteiger partial charge on any atom is 0.295 e. The van der Waals surface area contributed by atoms with Crippen LogP contribution in [-0.2, 0) is 7.05 Å². The van der Waals surface area contributed by atoms with E-state index >= 15 is 0 Å². The van der Waals surface area contributed by atoms with Gasteiger partial charge in [-0.1, -0.05) is 31.4 Å². The first-order valence-electron chi connectivity index (χ1n) is 9.91. The van der Waals surface area contributed by atoms with Gasteiger partial charge in [0.1, 0.15) is 23.4 Å². The van der Waals surface area contributed by atoms with E-state index in [4.69, 9.17) is 16.3 Å². The minimum absolute atomic E-state index is 0.150. The smallest absolute Gasteiger partial charge is 0.295 e. The van der Waals surface area contributed by atoms with Crippen LogP contribution < -0.4 is 20.9 Å². The number of nitriles is 1. The molecule has 0 radical (unpaired) electrons. The summed E-state index contributed by atoms with van der Waals surface area (Å²) in [6.45, 7) is 2.63. The fraction of sp³-hybridized carbons (Fsp3) is 0.318. The molecule has 0 aliphatic carbocycles. The zero-order valence-corrected chi connectivity index (χ0v) is 17.6. The molecule has 0 spiro atoms. The number of aryl methyl sites for hydroxylation is 1. The summed E-state index contributed by atoms with van der Waals surface area (Å²) in [5.41, 5.74) is 2.97. The number of fused-ring (bicyclic) bond motifs is 3. The van der Waals surface area contributed by atoms with Gasteiger partial charge in [0, 0.05) is 24.3 Å². The molecule has 2 aromatic heterocycles. The van der Waals surface area contributed by atoms with E-state index in [9.17, 15) is 10.1 Å². The van der Waals surface area contributed by atoms with E-state index in [1.54, 1.807) is 23.9 Å². The Hall–Kier alpha value is -3.24. The molecule has 0 amide bonds. The summed E-state index contributed by atoms with van der Waals surface area (Å²) in [4.78, 5) is 16.7. The van der Waals surface area contributed by atoms with Crippen molar-refractivity contribution in [2.24, 2.45) is 7.05 Å². The number of nitrogens with one attached hydrogen (secondary N) is 2. The van der Waals surface area contributed by atoms with Gasteiger partial charge in [0.2, 0.25) is 5.75 Å². The average Bonchev–Trinajstić information content (AvgIpc) is 2.76. The Labute approximate surface area is 179 Å². The molecule has 2 N–H and O–H groups in total. The second-order valence-corrected chi connectivity index (χ2v) is 7.71. The van der Waals surface area contributed by atoms with E-state index < -0.39 is 0 Å². The maximum atomic E-state index is 12.8. The number of hydrogen-bond donors (Lipinski definition) is 2. The van der Waals surface area contributed by atoms with Crippen LogP contribution in [0.4, 0.5) is 17.1 Å². The fourth-order valence-corrected chi connectivity index (χ4v) is 3.91. The van der Waals surface area contributed by atoms with Crippen molar-refractivity contribution >= 4 is 39.6 Å². The molecule has 1 aliphatic heterocycles. The highest BCUT2D eigenvalue weighted by atomic mass is 35.5. The van der Waals surface area contributed by atoms with Gasteiger partial charge in [0.15, 0.2) is 0 Å². The summed E-state index contributed by atoms with van der Waals surface area (Å²) in [6, 6.07) is 9.63. The van der Waals surface area contributed by atoms with E-state index in [-0.39, 0.29) is 22.3 Å². The number of hydrogen-bond acceptors (Lipinski definition) is 6. The minimum atomic E-state index is -0.160. The Bertz CT molecular complexity index is 1210. The van der Waals surface area contributed by atoms with Crippen LogP contribution in [0.25, 0.3) is 10.9 Å².